The third-order valence-electron chi connectivity index (χ3n) is 4.81. The van der Waals surface area contributed by atoms with Crippen LogP contribution >= 0.6 is 0 Å². The molecule has 28 heavy (non-hydrogen) atoms. The molecular weight excluding hydrogens is 377 g/mol. The van der Waals surface area contributed by atoms with E-state index in [1.807, 2.05) is 0 Å². The minimum atomic E-state index is -4.60. The van der Waals surface area contributed by atoms with Crippen molar-refractivity contribution in [1.82, 2.24) is 4.57 Å². The van der Waals surface area contributed by atoms with E-state index in [1.54, 1.807) is 18.2 Å². The molecular formula is C19H17F3N2O4. The van der Waals surface area contributed by atoms with Crippen LogP contribution in [-0.2, 0) is 17.5 Å². The number of alkyl halides is 3. The molecule has 0 saturated heterocycles. The summed E-state index contributed by atoms with van der Waals surface area (Å²) in [5, 5.41) is 2.57. The Morgan fingerprint density at radius 1 is 1.11 bits per heavy atom. The van der Waals surface area contributed by atoms with Crippen molar-refractivity contribution in [3.05, 3.63) is 52.4 Å². The molecule has 1 spiro atoms. The zero-order valence-electron chi connectivity index (χ0n) is 14.7. The van der Waals surface area contributed by atoms with Gasteiger partial charge in [0.2, 0.25) is 5.91 Å². The van der Waals surface area contributed by atoms with Crippen LogP contribution in [0.25, 0.3) is 0 Å². The lowest BCUT2D eigenvalue weighted by molar-refractivity contribution is -0.138. The highest BCUT2D eigenvalue weighted by molar-refractivity contribution is 5.91. The van der Waals surface area contributed by atoms with E-state index in [4.69, 9.17) is 9.47 Å². The highest BCUT2D eigenvalue weighted by Gasteiger charge is 2.44. The highest BCUT2D eigenvalue weighted by Crippen LogP contribution is 2.47. The van der Waals surface area contributed by atoms with Crippen molar-refractivity contribution >= 4 is 11.6 Å². The van der Waals surface area contributed by atoms with E-state index in [-0.39, 0.29) is 0 Å². The average molecular weight is 394 g/mol. The van der Waals surface area contributed by atoms with Gasteiger partial charge in [-0.15, -0.1) is 0 Å². The van der Waals surface area contributed by atoms with E-state index >= 15 is 0 Å². The molecule has 0 bridgehead atoms. The molecule has 2 aliphatic rings. The predicted octanol–water partition coefficient (Wildman–Crippen LogP) is 3.55. The van der Waals surface area contributed by atoms with Crippen molar-refractivity contribution in [2.24, 2.45) is 0 Å². The van der Waals surface area contributed by atoms with E-state index in [0.717, 1.165) is 36.3 Å². The lowest BCUT2D eigenvalue weighted by atomic mass is 10.2. The first-order chi connectivity index (χ1) is 13.2. The molecule has 1 amide bonds. The quantitative estimate of drug-likeness (QED) is 0.865. The fraction of sp³-hybridized carbons (Fsp3) is 0.368. The summed E-state index contributed by atoms with van der Waals surface area (Å²) in [6.45, 7) is -0.541. The Bertz CT molecular complexity index is 978. The number of halogens is 3. The molecule has 4 rings (SSSR count). The third-order valence-corrected chi connectivity index (χ3v) is 4.81. The van der Waals surface area contributed by atoms with E-state index in [0.29, 0.717) is 29.4 Å². The van der Waals surface area contributed by atoms with Gasteiger partial charge in [-0.05, 0) is 31.0 Å². The van der Waals surface area contributed by atoms with E-state index in [1.165, 1.54) is 0 Å². The molecule has 1 aromatic carbocycles. The van der Waals surface area contributed by atoms with E-state index in [9.17, 15) is 22.8 Å². The number of amides is 1. The minimum absolute atomic E-state index is 0.405. The lowest BCUT2D eigenvalue weighted by Crippen LogP contribution is -2.34. The maximum absolute atomic E-state index is 12.8. The second-order valence-corrected chi connectivity index (χ2v) is 6.91. The number of fused-ring (bicyclic) bond motifs is 1. The summed E-state index contributed by atoms with van der Waals surface area (Å²) >= 11 is 0. The Labute approximate surface area is 157 Å². The second kappa shape index (κ2) is 6.57. The number of nitrogens with one attached hydrogen (secondary N) is 1. The largest absolute Gasteiger partial charge is 0.448 e. The number of ether oxygens (including phenoxy) is 2. The van der Waals surface area contributed by atoms with Crippen molar-refractivity contribution < 1.29 is 27.4 Å². The summed E-state index contributed by atoms with van der Waals surface area (Å²) in [6, 6.07) is 6.37. The van der Waals surface area contributed by atoms with Crippen molar-refractivity contribution in [3.63, 3.8) is 0 Å². The number of hydrogen-bond acceptors (Lipinski definition) is 4. The smallest absolute Gasteiger partial charge is 0.417 e. The fourth-order valence-electron chi connectivity index (χ4n) is 3.47. The molecule has 1 N–H and O–H groups in total. The molecule has 1 saturated carbocycles. The number of nitrogens with zero attached hydrogens (tertiary/aromatic N) is 1. The van der Waals surface area contributed by atoms with Crippen molar-refractivity contribution in [2.75, 3.05) is 5.32 Å². The molecule has 0 atom stereocenters. The number of pyridine rings is 1. The number of carbonyl (C=O) groups excluding carboxylic acids is 1. The number of carbonyl (C=O) groups is 1. The predicted molar refractivity (Wildman–Crippen MR) is 93.2 cm³/mol. The molecule has 1 aliphatic carbocycles. The van der Waals surface area contributed by atoms with Crippen molar-refractivity contribution in [1.29, 1.82) is 0 Å². The minimum Gasteiger partial charge on any atom is -0.448 e. The fourth-order valence-corrected chi connectivity index (χ4v) is 3.47. The molecule has 1 fully saturated rings. The zero-order valence-corrected chi connectivity index (χ0v) is 14.7. The molecule has 2 heterocycles. The van der Waals surface area contributed by atoms with Crippen LogP contribution in [0.5, 0.6) is 11.5 Å². The Hall–Kier alpha value is -2.97. The van der Waals surface area contributed by atoms with Gasteiger partial charge in [-0.1, -0.05) is 0 Å². The summed E-state index contributed by atoms with van der Waals surface area (Å²) in [6.07, 6.45) is -0.346. The number of anilines is 1. The summed E-state index contributed by atoms with van der Waals surface area (Å²) in [5.74, 6) is -0.156. The van der Waals surface area contributed by atoms with Gasteiger partial charge in [-0.2, -0.15) is 13.2 Å². The standard InChI is InChI=1S/C19H17F3N2O4/c20-19(21,22)12-3-6-17(26)24(10-12)11-16(25)23-13-4-5-14-15(9-13)28-18(27-14)7-1-2-8-18/h3-6,9-10H,1-2,7-8,11H2,(H,23,25). The Morgan fingerprint density at radius 2 is 1.82 bits per heavy atom. The molecule has 6 nitrogen and oxygen atoms in total. The van der Waals surface area contributed by atoms with Gasteiger partial charge in [0.05, 0.1) is 5.56 Å². The Kier molecular flexibility index (Phi) is 4.32. The number of benzene rings is 1. The Morgan fingerprint density at radius 3 is 2.54 bits per heavy atom. The first kappa shape index (κ1) is 18.4. The van der Waals surface area contributed by atoms with Crippen LogP contribution < -0.4 is 20.3 Å². The summed E-state index contributed by atoms with van der Waals surface area (Å²) in [4.78, 5) is 24.0. The maximum atomic E-state index is 12.8. The molecule has 2 aromatic rings. The van der Waals surface area contributed by atoms with Gasteiger partial charge in [0.25, 0.3) is 11.3 Å². The third kappa shape index (κ3) is 3.56. The molecule has 9 heteroatoms. The number of rotatable bonds is 3. The van der Waals surface area contributed by atoms with Crippen molar-refractivity contribution in [3.8, 4) is 11.5 Å². The first-order valence-electron chi connectivity index (χ1n) is 8.84. The number of aromatic nitrogens is 1. The second-order valence-electron chi connectivity index (χ2n) is 6.91. The van der Waals surface area contributed by atoms with E-state index in [2.05, 4.69) is 5.32 Å². The van der Waals surface area contributed by atoms with Crippen LogP contribution in [0.2, 0.25) is 0 Å². The first-order valence-corrected chi connectivity index (χ1v) is 8.84. The molecule has 0 unspecified atom stereocenters. The lowest BCUT2D eigenvalue weighted by Gasteiger charge is -2.21. The molecule has 0 radical (unpaired) electrons. The summed E-state index contributed by atoms with van der Waals surface area (Å²) < 4.78 is 50.9. The van der Waals surface area contributed by atoms with Gasteiger partial charge < -0.3 is 19.4 Å². The van der Waals surface area contributed by atoms with Gasteiger partial charge in [0.1, 0.15) is 6.54 Å². The van der Waals surface area contributed by atoms with Gasteiger partial charge in [-0.3, -0.25) is 9.59 Å². The SMILES string of the molecule is O=C(Cn1cc(C(F)(F)F)ccc1=O)Nc1ccc2c(c1)OC1(CCCC1)O2. The van der Waals surface area contributed by atoms with Crippen LogP contribution in [0.3, 0.4) is 0 Å². The van der Waals surface area contributed by atoms with Crippen molar-refractivity contribution in [2.45, 2.75) is 44.2 Å². The Balaban J connectivity index is 1.46. The normalized spacial score (nSPS) is 17.1. The molecule has 1 aromatic heterocycles. The van der Waals surface area contributed by atoms with Gasteiger partial charge in [-0.25, -0.2) is 0 Å². The van der Waals surface area contributed by atoms with Gasteiger partial charge >= 0.3 is 6.18 Å². The van der Waals surface area contributed by atoms with Crippen LogP contribution in [0, 0.1) is 0 Å². The average Bonchev–Trinajstić information content (AvgIpc) is 3.21. The van der Waals surface area contributed by atoms with Crippen LogP contribution in [0.4, 0.5) is 18.9 Å². The molecule has 1 aliphatic heterocycles. The van der Waals surface area contributed by atoms with Gasteiger partial charge in [0.15, 0.2) is 11.5 Å². The summed E-state index contributed by atoms with van der Waals surface area (Å²) in [5.41, 5.74) is -1.29. The van der Waals surface area contributed by atoms with Crippen LogP contribution in [0.15, 0.2) is 41.3 Å². The van der Waals surface area contributed by atoms with Crippen LogP contribution in [-0.4, -0.2) is 16.3 Å². The summed E-state index contributed by atoms with van der Waals surface area (Å²) in [7, 11) is 0. The monoisotopic (exact) mass is 394 g/mol. The molecule has 148 valence electrons. The number of hydrogen-bond donors (Lipinski definition) is 1. The topological polar surface area (TPSA) is 69.6 Å². The highest BCUT2D eigenvalue weighted by atomic mass is 19.4. The van der Waals surface area contributed by atoms with Gasteiger partial charge in [0, 0.05) is 36.9 Å². The maximum Gasteiger partial charge on any atom is 0.417 e. The van der Waals surface area contributed by atoms with Crippen LogP contribution in [0.1, 0.15) is 31.2 Å². The zero-order chi connectivity index (χ0) is 19.9. The van der Waals surface area contributed by atoms with E-state index < -0.39 is 35.5 Å².